The second-order valence-corrected chi connectivity index (χ2v) is 3.88. The highest BCUT2D eigenvalue weighted by molar-refractivity contribution is 6.21. The Morgan fingerprint density at radius 3 is 2.37 bits per heavy atom. The Bertz CT molecular complexity index is 533. The van der Waals surface area contributed by atoms with Crippen LogP contribution in [0.2, 0.25) is 0 Å². The molecule has 2 rings (SSSR count). The van der Waals surface area contributed by atoms with Crippen LogP contribution in [-0.4, -0.2) is 35.5 Å². The van der Waals surface area contributed by atoms with E-state index in [0.29, 0.717) is 17.5 Å². The van der Waals surface area contributed by atoms with Crippen molar-refractivity contribution in [1.29, 1.82) is 0 Å². The number of nitrogens with zero attached hydrogens (tertiary/aromatic N) is 2. The lowest BCUT2D eigenvalue weighted by Crippen LogP contribution is -2.31. The molecule has 3 N–H and O–H groups in total. The number of benzene rings is 1. The average Bonchev–Trinajstić information content (AvgIpc) is 2.63. The highest BCUT2D eigenvalue weighted by atomic mass is 16.2. The molecule has 1 aromatic carbocycles. The first-order valence-electron chi connectivity index (χ1n) is 5.63. The third kappa shape index (κ3) is 2.59. The first-order valence-corrected chi connectivity index (χ1v) is 5.63. The quantitative estimate of drug-likeness (QED) is 0.463. The van der Waals surface area contributed by atoms with Crippen LogP contribution in [0.15, 0.2) is 29.4 Å². The first kappa shape index (κ1) is 12.7. The monoisotopic (exact) mass is 260 g/mol. The van der Waals surface area contributed by atoms with E-state index in [4.69, 9.17) is 5.73 Å². The van der Waals surface area contributed by atoms with Crippen molar-refractivity contribution in [3.8, 4) is 0 Å². The van der Waals surface area contributed by atoms with Gasteiger partial charge in [0.15, 0.2) is 0 Å². The third-order valence-corrected chi connectivity index (χ3v) is 2.63. The van der Waals surface area contributed by atoms with Gasteiger partial charge in [0.1, 0.15) is 0 Å². The fourth-order valence-electron chi connectivity index (χ4n) is 1.80. The van der Waals surface area contributed by atoms with Crippen molar-refractivity contribution >= 4 is 24.1 Å². The molecule has 0 radical (unpaired) electrons. The Morgan fingerprint density at radius 1 is 1.26 bits per heavy atom. The maximum atomic E-state index is 11.9. The molecule has 98 valence electrons. The minimum absolute atomic E-state index is 0.205. The Morgan fingerprint density at radius 2 is 1.84 bits per heavy atom. The molecular weight excluding hydrogens is 248 g/mol. The zero-order chi connectivity index (χ0) is 13.8. The number of carbonyl (C=O) groups is 3. The summed E-state index contributed by atoms with van der Waals surface area (Å²) in [4.78, 5) is 35.4. The van der Waals surface area contributed by atoms with E-state index in [0.717, 1.165) is 4.90 Å². The predicted molar refractivity (Wildman–Crippen MR) is 67.6 cm³/mol. The number of hydrogen-bond donors (Lipinski definition) is 2. The molecule has 0 saturated carbocycles. The van der Waals surface area contributed by atoms with Gasteiger partial charge in [-0.05, 0) is 12.1 Å². The Labute approximate surface area is 109 Å². The fraction of sp³-hybridized carbons (Fsp3) is 0.167. The summed E-state index contributed by atoms with van der Waals surface area (Å²) < 4.78 is 0. The molecule has 0 fully saturated rings. The highest BCUT2D eigenvalue weighted by Crippen LogP contribution is 2.22. The van der Waals surface area contributed by atoms with Crippen LogP contribution in [0.1, 0.15) is 27.1 Å². The van der Waals surface area contributed by atoms with Gasteiger partial charge >= 0.3 is 6.03 Å². The van der Waals surface area contributed by atoms with Crippen molar-refractivity contribution in [2.45, 2.75) is 6.42 Å². The molecule has 0 saturated heterocycles. The lowest BCUT2D eigenvalue weighted by molar-refractivity contribution is 0.0659. The van der Waals surface area contributed by atoms with Crippen LogP contribution in [-0.2, 0) is 0 Å². The van der Waals surface area contributed by atoms with Gasteiger partial charge in [-0.15, -0.1) is 0 Å². The van der Waals surface area contributed by atoms with Crippen molar-refractivity contribution in [2.24, 2.45) is 10.8 Å². The Kier molecular flexibility index (Phi) is 3.56. The Hall–Kier alpha value is -2.70. The van der Waals surface area contributed by atoms with Crippen LogP contribution >= 0.6 is 0 Å². The number of hydrogen-bond acceptors (Lipinski definition) is 4. The van der Waals surface area contributed by atoms with E-state index >= 15 is 0 Å². The molecule has 0 atom stereocenters. The summed E-state index contributed by atoms with van der Waals surface area (Å²) in [5.74, 6) is -0.617. The summed E-state index contributed by atoms with van der Waals surface area (Å²) >= 11 is 0. The number of rotatable bonds is 4. The van der Waals surface area contributed by atoms with Gasteiger partial charge < -0.3 is 5.73 Å². The molecule has 1 aliphatic heterocycles. The summed E-state index contributed by atoms with van der Waals surface area (Å²) in [6.07, 6.45) is 1.72. The van der Waals surface area contributed by atoms with Gasteiger partial charge in [0, 0.05) is 19.2 Å². The predicted octanol–water partition coefficient (Wildman–Crippen LogP) is 0.327. The van der Waals surface area contributed by atoms with E-state index in [-0.39, 0.29) is 18.4 Å². The normalized spacial score (nSPS) is 14.0. The molecule has 7 heteroatoms. The first-order chi connectivity index (χ1) is 9.11. The molecule has 7 nitrogen and oxygen atoms in total. The lowest BCUT2D eigenvalue weighted by Gasteiger charge is -2.11. The van der Waals surface area contributed by atoms with Gasteiger partial charge in [-0.1, -0.05) is 12.1 Å². The van der Waals surface area contributed by atoms with E-state index in [1.165, 1.54) is 6.21 Å². The Balaban J connectivity index is 1.97. The highest BCUT2D eigenvalue weighted by Gasteiger charge is 2.34. The van der Waals surface area contributed by atoms with Gasteiger partial charge in [-0.2, -0.15) is 5.10 Å². The van der Waals surface area contributed by atoms with Crippen LogP contribution in [0.5, 0.6) is 0 Å². The molecule has 0 unspecified atom stereocenters. The molecule has 1 aromatic rings. The maximum absolute atomic E-state index is 11.9. The van der Waals surface area contributed by atoms with Crippen molar-refractivity contribution in [2.75, 3.05) is 6.54 Å². The summed E-state index contributed by atoms with van der Waals surface area (Å²) in [7, 11) is 0. The number of urea groups is 1. The third-order valence-electron chi connectivity index (χ3n) is 2.63. The summed E-state index contributed by atoms with van der Waals surface area (Å²) in [6, 6.07) is 5.91. The number of imide groups is 1. The molecule has 19 heavy (non-hydrogen) atoms. The standard InChI is InChI=1S/C12H12N4O3/c13-12(19)15-14-6-3-7-16-10(17)8-4-1-2-5-9(8)11(16)18/h1-2,4-6H,3,7H2,(H3,13,15,19). The van der Waals surface area contributed by atoms with Crippen LogP contribution < -0.4 is 11.2 Å². The fourth-order valence-corrected chi connectivity index (χ4v) is 1.80. The molecular formula is C12H12N4O3. The molecule has 4 amide bonds. The number of fused-ring (bicyclic) bond motifs is 1. The number of amides is 4. The summed E-state index contributed by atoms with van der Waals surface area (Å²) in [5, 5.41) is 3.53. The summed E-state index contributed by atoms with van der Waals surface area (Å²) in [5.41, 5.74) is 7.68. The maximum Gasteiger partial charge on any atom is 0.332 e. The average molecular weight is 260 g/mol. The number of nitrogens with two attached hydrogens (primary N) is 1. The van der Waals surface area contributed by atoms with E-state index in [1.54, 1.807) is 24.3 Å². The van der Waals surface area contributed by atoms with Crippen molar-refractivity contribution in [1.82, 2.24) is 10.3 Å². The minimum atomic E-state index is -0.767. The zero-order valence-electron chi connectivity index (χ0n) is 10.00. The second-order valence-electron chi connectivity index (χ2n) is 3.88. The smallest absolute Gasteiger partial charge is 0.332 e. The molecule has 0 spiro atoms. The van der Waals surface area contributed by atoms with Gasteiger partial charge in [0.05, 0.1) is 11.1 Å². The van der Waals surface area contributed by atoms with Gasteiger partial charge in [-0.3, -0.25) is 14.5 Å². The molecule has 0 aliphatic carbocycles. The van der Waals surface area contributed by atoms with E-state index in [2.05, 4.69) is 5.10 Å². The van der Waals surface area contributed by atoms with Gasteiger partial charge in [-0.25, -0.2) is 10.2 Å². The molecule has 1 heterocycles. The van der Waals surface area contributed by atoms with Gasteiger partial charge in [0.2, 0.25) is 0 Å². The number of carbonyl (C=O) groups excluding carboxylic acids is 3. The van der Waals surface area contributed by atoms with Crippen molar-refractivity contribution in [3.63, 3.8) is 0 Å². The van der Waals surface area contributed by atoms with Gasteiger partial charge in [0.25, 0.3) is 11.8 Å². The van der Waals surface area contributed by atoms with Crippen molar-refractivity contribution in [3.05, 3.63) is 35.4 Å². The van der Waals surface area contributed by atoms with Crippen molar-refractivity contribution < 1.29 is 14.4 Å². The SMILES string of the molecule is NC(=O)NN=CCCN1C(=O)c2ccccc2C1=O. The van der Waals surface area contributed by atoms with Crippen LogP contribution in [0, 0.1) is 0 Å². The second kappa shape index (κ2) is 5.30. The molecule has 0 aromatic heterocycles. The van der Waals surface area contributed by atoms with E-state index < -0.39 is 6.03 Å². The lowest BCUT2D eigenvalue weighted by atomic mass is 10.1. The number of nitrogens with one attached hydrogen (secondary N) is 1. The summed E-state index contributed by atoms with van der Waals surface area (Å²) in [6.45, 7) is 0.205. The zero-order valence-corrected chi connectivity index (χ0v) is 10.00. The van der Waals surface area contributed by atoms with Crippen LogP contribution in [0.25, 0.3) is 0 Å². The van der Waals surface area contributed by atoms with Crippen LogP contribution in [0.4, 0.5) is 4.79 Å². The molecule has 1 aliphatic rings. The number of primary amides is 1. The van der Waals surface area contributed by atoms with E-state index in [1.807, 2.05) is 5.43 Å². The molecule has 0 bridgehead atoms. The van der Waals surface area contributed by atoms with E-state index in [9.17, 15) is 14.4 Å². The topological polar surface area (TPSA) is 105 Å². The number of hydrazone groups is 1. The van der Waals surface area contributed by atoms with Crippen LogP contribution in [0.3, 0.4) is 0 Å². The minimum Gasteiger partial charge on any atom is -0.350 e. The largest absolute Gasteiger partial charge is 0.350 e.